The lowest BCUT2D eigenvalue weighted by molar-refractivity contribution is -0.147. The highest BCUT2D eigenvalue weighted by atomic mass is 16.5. The van der Waals surface area contributed by atoms with E-state index in [2.05, 4.69) is 0 Å². The first-order chi connectivity index (χ1) is 8.54. The Bertz CT molecular complexity index is 355. The highest BCUT2D eigenvalue weighted by molar-refractivity contribution is 6.06. The number of Topliss-reactive ketones (excluding diaryl/α,β-unsaturated/α-hetero) is 3. The van der Waals surface area contributed by atoms with E-state index in [9.17, 15) is 14.4 Å². The molecule has 0 saturated heterocycles. The standard InChI is InChI=1S/C15H26O4/c1-9(2)13(17)12(8-10(3)11(4)16)14(18)15(5,6)19-7/h9-10,12H,8H2,1-7H3. The lowest BCUT2D eigenvalue weighted by atomic mass is 9.79. The molecule has 0 aromatic carbocycles. The molecule has 0 aliphatic rings. The molecule has 0 N–H and O–H groups in total. The molecule has 0 aromatic heterocycles. The number of ether oxygens (including phenoxy) is 1. The van der Waals surface area contributed by atoms with Crippen molar-refractivity contribution in [1.82, 2.24) is 0 Å². The van der Waals surface area contributed by atoms with Crippen LogP contribution in [0.1, 0.15) is 48.0 Å². The van der Waals surface area contributed by atoms with Gasteiger partial charge in [0, 0.05) is 18.9 Å². The van der Waals surface area contributed by atoms with Gasteiger partial charge in [-0.3, -0.25) is 14.4 Å². The van der Waals surface area contributed by atoms with E-state index < -0.39 is 11.5 Å². The van der Waals surface area contributed by atoms with Crippen molar-refractivity contribution >= 4 is 17.3 Å². The molecule has 2 atom stereocenters. The average Bonchev–Trinajstić information content (AvgIpc) is 2.33. The molecule has 0 fully saturated rings. The Hall–Kier alpha value is -1.03. The minimum atomic E-state index is -1.01. The summed E-state index contributed by atoms with van der Waals surface area (Å²) in [7, 11) is 1.45. The zero-order valence-corrected chi connectivity index (χ0v) is 13.1. The van der Waals surface area contributed by atoms with E-state index in [0.29, 0.717) is 0 Å². The Morgan fingerprint density at radius 3 is 1.89 bits per heavy atom. The summed E-state index contributed by atoms with van der Waals surface area (Å²) in [6.45, 7) is 10.0. The van der Waals surface area contributed by atoms with Gasteiger partial charge in [0.05, 0.1) is 5.92 Å². The van der Waals surface area contributed by atoms with Crippen LogP contribution in [0, 0.1) is 17.8 Å². The highest BCUT2D eigenvalue weighted by Gasteiger charge is 2.39. The smallest absolute Gasteiger partial charge is 0.174 e. The number of rotatable bonds is 8. The molecule has 0 saturated carbocycles. The van der Waals surface area contributed by atoms with Crippen LogP contribution in [0.4, 0.5) is 0 Å². The van der Waals surface area contributed by atoms with Crippen LogP contribution in [0.3, 0.4) is 0 Å². The van der Waals surface area contributed by atoms with E-state index in [1.54, 1.807) is 34.6 Å². The summed E-state index contributed by atoms with van der Waals surface area (Å²) >= 11 is 0. The van der Waals surface area contributed by atoms with Gasteiger partial charge in [-0.2, -0.15) is 0 Å². The van der Waals surface area contributed by atoms with Crippen LogP contribution in [0.5, 0.6) is 0 Å². The van der Waals surface area contributed by atoms with Gasteiger partial charge in [-0.25, -0.2) is 0 Å². The number of carbonyl (C=O) groups excluding carboxylic acids is 3. The highest BCUT2D eigenvalue weighted by Crippen LogP contribution is 2.25. The van der Waals surface area contributed by atoms with Gasteiger partial charge in [0.2, 0.25) is 0 Å². The molecule has 0 aliphatic carbocycles. The second-order valence-electron chi connectivity index (χ2n) is 5.94. The van der Waals surface area contributed by atoms with Crippen LogP contribution in [0.15, 0.2) is 0 Å². The maximum absolute atomic E-state index is 12.4. The van der Waals surface area contributed by atoms with E-state index in [0.717, 1.165) is 0 Å². The minimum absolute atomic E-state index is 0.00965. The zero-order valence-electron chi connectivity index (χ0n) is 13.1. The van der Waals surface area contributed by atoms with Gasteiger partial charge in [-0.15, -0.1) is 0 Å². The van der Waals surface area contributed by atoms with Crippen molar-refractivity contribution in [2.45, 2.75) is 53.6 Å². The Balaban J connectivity index is 5.24. The van der Waals surface area contributed by atoms with Crippen molar-refractivity contribution in [2.24, 2.45) is 17.8 Å². The third-order valence-corrected chi connectivity index (χ3v) is 3.62. The molecule has 0 radical (unpaired) electrons. The molecule has 0 aromatic rings. The molecule has 110 valence electrons. The number of carbonyl (C=O) groups is 3. The quantitative estimate of drug-likeness (QED) is 0.636. The molecule has 0 spiro atoms. The van der Waals surface area contributed by atoms with Crippen molar-refractivity contribution in [3.05, 3.63) is 0 Å². The lowest BCUT2D eigenvalue weighted by Gasteiger charge is -2.28. The maximum atomic E-state index is 12.4. The fraction of sp³-hybridized carbons (Fsp3) is 0.800. The number of hydrogen-bond acceptors (Lipinski definition) is 4. The van der Waals surface area contributed by atoms with Crippen molar-refractivity contribution in [3.63, 3.8) is 0 Å². The van der Waals surface area contributed by atoms with Crippen LogP contribution >= 0.6 is 0 Å². The fourth-order valence-corrected chi connectivity index (χ4v) is 1.79. The van der Waals surface area contributed by atoms with E-state index in [4.69, 9.17) is 4.74 Å². The molecular weight excluding hydrogens is 244 g/mol. The first-order valence-corrected chi connectivity index (χ1v) is 6.68. The number of methoxy groups -OCH3 is 1. The van der Waals surface area contributed by atoms with Crippen molar-refractivity contribution in [1.29, 1.82) is 0 Å². The van der Waals surface area contributed by atoms with Crippen LogP contribution in [0.25, 0.3) is 0 Å². The Labute approximate surface area is 115 Å². The van der Waals surface area contributed by atoms with Crippen LogP contribution in [0.2, 0.25) is 0 Å². The topological polar surface area (TPSA) is 60.4 Å². The molecule has 0 aliphatic heterocycles. The Morgan fingerprint density at radius 2 is 1.58 bits per heavy atom. The van der Waals surface area contributed by atoms with E-state index in [1.165, 1.54) is 14.0 Å². The maximum Gasteiger partial charge on any atom is 0.174 e. The van der Waals surface area contributed by atoms with Gasteiger partial charge in [0.15, 0.2) is 5.78 Å². The molecule has 4 heteroatoms. The Kier molecular flexibility index (Phi) is 6.57. The summed E-state index contributed by atoms with van der Waals surface area (Å²) in [5.74, 6) is -1.69. The zero-order chi connectivity index (χ0) is 15.4. The van der Waals surface area contributed by atoms with Crippen LogP contribution < -0.4 is 0 Å². The second kappa shape index (κ2) is 6.94. The van der Waals surface area contributed by atoms with E-state index in [-0.39, 0.29) is 35.6 Å². The largest absolute Gasteiger partial charge is 0.371 e. The third kappa shape index (κ3) is 4.86. The number of hydrogen-bond donors (Lipinski definition) is 0. The minimum Gasteiger partial charge on any atom is -0.371 e. The Morgan fingerprint density at radius 1 is 1.11 bits per heavy atom. The average molecular weight is 270 g/mol. The molecule has 0 heterocycles. The summed E-state index contributed by atoms with van der Waals surface area (Å²) in [6.07, 6.45) is 0.262. The van der Waals surface area contributed by atoms with E-state index >= 15 is 0 Å². The van der Waals surface area contributed by atoms with Crippen molar-refractivity contribution in [3.8, 4) is 0 Å². The van der Waals surface area contributed by atoms with Crippen molar-refractivity contribution in [2.75, 3.05) is 7.11 Å². The molecule has 2 unspecified atom stereocenters. The summed E-state index contributed by atoms with van der Waals surface area (Å²) in [4.78, 5) is 36.0. The first-order valence-electron chi connectivity index (χ1n) is 6.68. The third-order valence-electron chi connectivity index (χ3n) is 3.62. The van der Waals surface area contributed by atoms with Gasteiger partial charge in [-0.1, -0.05) is 20.8 Å². The van der Waals surface area contributed by atoms with Crippen LogP contribution in [-0.2, 0) is 19.1 Å². The van der Waals surface area contributed by atoms with Gasteiger partial charge in [-0.05, 0) is 27.2 Å². The van der Waals surface area contributed by atoms with Gasteiger partial charge in [0.25, 0.3) is 0 Å². The predicted molar refractivity (Wildman–Crippen MR) is 73.9 cm³/mol. The van der Waals surface area contributed by atoms with E-state index in [1.807, 2.05) is 0 Å². The second-order valence-corrected chi connectivity index (χ2v) is 5.94. The summed E-state index contributed by atoms with van der Waals surface area (Å²) in [5.41, 5.74) is -1.01. The summed E-state index contributed by atoms with van der Waals surface area (Å²) < 4.78 is 5.17. The molecular formula is C15H26O4. The first kappa shape index (κ1) is 18.0. The van der Waals surface area contributed by atoms with Crippen molar-refractivity contribution < 1.29 is 19.1 Å². The monoisotopic (exact) mass is 270 g/mol. The molecule has 19 heavy (non-hydrogen) atoms. The van der Waals surface area contributed by atoms with Crippen LogP contribution in [-0.4, -0.2) is 30.1 Å². The normalized spacial score (nSPS) is 15.2. The molecule has 0 rings (SSSR count). The van der Waals surface area contributed by atoms with Gasteiger partial charge < -0.3 is 4.74 Å². The van der Waals surface area contributed by atoms with Gasteiger partial charge >= 0.3 is 0 Å². The summed E-state index contributed by atoms with van der Waals surface area (Å²) in [6, 6.07) is 0. The number of ketones is 3. The summed E-state index contributed by atoms with van der Waals surface area (Å²) in [5, 5.41) is 0. The molecule has 4 nitrogen and oxygen atoms in total. The predicted octanol–water partition coefficient (Wildman–Crippen LogP) is 2.44. The van der Waals surface area contributed by atoms with Gasteiger partial charge in [0.1, 0.15) is 17.2 Å². The SMILES string of the molecule is COC(C)(C)C(=O)C(CC(C)C(C)=O)C(=O)C(C)C. The molecule has 0 bridgehead atoms. The fourth-order valence-electron chi connectivity index (χ4n) is 1.79. The lowest BCUT2D eigenvalue weighted by Crippen LogP contribution is -2.43. The molecule has 0 amide bonds.